The van der Waals surface area contributed by atoms with E-state index in [4.69, 9.17) is 18.9 Å². The number of carbonyl (C=O) groups is 1. The van der Waals surface area contributed by atoms with Crippen LogP contribution in [0.2, 0.25) is 0 Å². The molecule has 2 saturated heterocycles. The zero-order valence-corrected chi connectivity index (χ0v) is 68.1. The lowest BCUT2D eigenvalue weighted by molar-refractivity contribution is -0.359. The van der Waals surface area contributed by atoms with Crippen LogP contribution in [-0.4, -0.2) is 140 Å². The molecule has 1 amide bonds. The van der Waals surface area contributed by atoms with Crippen LogP contribution < -0.4 is 5.32 Å². The Balaban J connectivity index is 1.59. The first-order valence-electron chi connectivity index (χ1n) is 44.3. The van der Waals surface area contributed by atoms with Crippen molar-refractivity contribution < 1.29 is 64.6 Å². The highest BCUT2D eigenvalue weighted by molar-refractivity contribution is 5.76. The van der Waals surface area contributed by atoms with Gasteiger partial charge in [0.1, 0.15) is 48.8 Å². The van der Waals surface area contributed by atoms with Gasteiger partial charge in [0.15, 0.2) is 12.6 Å². The number of carbonyl (C=O) groups excluding carboxylic acids is 1. The smallest absolute Gasteiger partial charge is 0.220 e. The zero-order chi connectivity index (χ0) is 77.2. The molecule has 2 aliphatic rings. The normalized spacial score (nSPS) is 21.8. The van der Waals surface area contributed by atoms with Gasteiger partial charge in [0, 0.05) is 6.42 Å². The summed E-state index contributed by atoms with van der Waals surface area (Å²) in [7, 11) is 0. The molecule has 2 aliphatic heterocycles. The second-order valence-corrected chi connectivity index (χ2v) is 30.6. The number of hydrogen-bond acceptors (Lipinski definition) is 13. The Morgan fingerprint density at radius 2 is 0.654 bits per heavy atom. The number of nitrogens with one attached hydrogen (secondary N) is 1. The summed E-state index contributed by atoms with van der Waals surface area (Å²) in [5, 5.41) is 87.8. The molecule has 9 N–H and O–H groups in total. The molecule has 0 aromatic rings. The van der Waals surface area contributed by atoms with Crippen molar-refractivity contribution in [2.24, 2.45) is 0 Å². The molecule has 2 fully saturated rings. The summed E-state index contributed by atoms with van der Waals surface area (Å²) in [5.41, 5.74) is 0. The van der Waals surface area contributed by atoms with E-state index in [0.29, 0.717) is 12.8 Å². The van der Waals surface area contributed by atoms with Gasteiger partial charge in [0.2, 0.25) is 5.91 Å². The molecule has 12 atom stereocenters. The number of hydrogen-bond donors (Lipinski definition) is 9. The summed E-state index contributed by atoms with van der Waals surface area (Å²) < 4.78 is 22.9. The van der Waals surface area contributed by atoms with Crippen LogP contribution in [0.15, 0.2) is 122 Å². The van der Waals surface area contributed by atoms with Crippen LogP contribution in [-0.2, 0) is 23.7 Å². The van der Waals surface area contributed by atoms with E-state index in [2.05, 4.69) is 129 Å². The van der Waals surface area contributed by atoms with E-state index in [1.807, 2.05) is 6.08 Å². The van der Waals surface area contributed by atoms with E-state index >= 15 is 0 Å². The number of amides is 1. The number of allylic oxidation sites excluding steroid dienone is 19. The lowest BCUT2D eigenvalue weighted by atomic mass is 9.97. The molecule has 0 saturated carbocycles. The standard InChI is InChI=1S/C93H163NO13/c1-3-5-7-9-11-13-15-17-19-21-23-25-27-29-31-33-35-37-38-39-40-41-42-43-44-45-47-49-51-53-55-57-59-61-63-65-67-69-71-73-75-77-85(98)94-81(80-104-92-90(103)88(101)91(84(79-96)106-92)107-93-89(102)87(100)86(99)83(78-95)105-93)82(97)76-74-72-70-68-66-64-62-60-58-56-54-52-50-48-46-36-34-32-30-28-26-24-22-20-18-16-14-12-10-8-6-4-2/h5,7,11,13,17,19,23,25,29,31,35,37,39-40,58,60,66,68,74,76,81-84,86-93,95-97,99-103H,3-4,6,8-10,12,14-16,18,20-22,24,26-28,30,32-34,36,38,41-57,59,61-65,67,69-73,75,77-80H2,1-2H3,(H,94,98)/b7-5-,13-11-,19-17-,25-23-,31-29-,37-35-,40-39-,60-58+,68-66+,76-74+. The van der Waals surface area contributed by atoms with Crippen LogP contribution in [0.4, 0.5) is 0 Å². The maximum absolute atomic E-state index is 13.4. The number of rotatable bonds is 74. The first-order valence-corrected chi connectivity index (χ1v) is 44.3. The van der Waals surface area contributed by atoms with E-state index in [-0.39, 0.29) is 18.9 Å². The third-order valence-corrected chi connectivity index (χ3v) is 20.9. The Labute approximate surface area is 654 Å². The minimum absolute atomic E-state index is 0.251. The molecule has 14 heteroatoms. The third-order valence-electron chi connectivity index (χ3n) is 20.9. The average Bonchev–Trinajstić information content (AvgIpc) is 0.789. The van der Waals surface area contributed by atoms with Gasteiger partial charge in [-0.3, -0.25) is 4.79 Å². The molecule has 0 radical (unpaired) electrons. The molecular weight excluding hydrogens is 1340 g/mol. The van der Waals surface area contributed by atoms with Crippen LogP contribution in [0, 0.1) is 0 Å². The van der Waals surface area contributed by atoms with Crippen molar-refractivity contribution in [1.82, 2.24) is 5.32 Å². The molecule has 0 aromatic carbocycles. The van der Waals surface area contributed by atoms with Crippen LogP contribution in [0.25, 0.3) is 0 Å². The minimum Gasteiger partial charge on any atom is -0.394 e. The van der Waals surface area contributed by atoms with Gasteiger partial charge < -0.3 is 65.1 Å². The molecule has 0 aromatic heterocycles. The lowest BCUT2D eigenvalue weighted by Crippen LogP contribution is -2.65. The van der Waals surface area contributed by atoms with Gasteiger partial charge >= 0.3 is 0 Å². The predicted octanol–water partition coefficient (Wildman–Crippen LogP) is 21.5. The van der Waals surface area contributed by atoms with Gasteiger partial charge in [-0.1, -0.05) is 379 Å². The van der Waals surface area contributed by atoms with Crippen molar-refractivity contribution >= 4 is 5.91 Å². The van der Waals surface area contributed by atoms with Crippen LogP contribution in [0.5, 0.6) is 0 Å². The van der Waals surface area contributed by atoms with Gasteiger partial charge in [-0.25, -0.2) is 0 Å². The summed E-state index contributed by atoms with van der Waals surface area (Å²) >= 11 is 0. The molecule has 14 nitrogen and oxygen atoms in total. The highest BCUT2D eigenvalue weighted by atomic mass is 16.7. The van der Waals surface area contributed by atoms with E-state index < -0.39 is 86.8 Å². The first-order chi connectivity index (χ1) is 52.6. The van der Waals surface area contributed by atoms with E-state index in [1.165, 1.54) is 244 Å². The largest absolute Gasteiger partial charge is 0.394 e. The van der Waals surface area contributed by atoms with E-state index in [0.717, 1.165) is 89.9 Å². The van der Waals surface area contributed by atoms with Gasteiger partial charge in [-0.05, 0) is 103 Å². The number of aliphatic hydroxyl groups is 8. The molecule has 2 rings (SSSR count). The highest BCUT2D eigenvalue weighted by Gasteiger charge is 2.51. The summed E-state index contributed by atoms with van der Waals surface area (Å²) in [4.78, 5) is 13.4. The van der Waals surface area contributed by atoms with Crippen LogP contribution in [0.1, 0.15) is 367 Å². The number of aliphatic hydroxyl groups excluding tert-OH is 8. The topological polar surface area (TPSA) is 228 Å². The van der Waals surface area contributed by atoms with Crippen molar-refractivity contribution in [1.29, 1.82) is 0 Å². The van der Waals surface area contributed by atoms with Gasteiger partial charge in [0.05, 0.1) is 32.0 Å². The quantitative estimate of drug-likeness (QED) is 0.0204. The first kappa shape index (κ1) is 99.5. The Bertz CT molecular complexity index is 2270. The van der Waals surface area contributed by atoms with Crippen molar-refractivity contribution in [3.8, 4) is 0 Å². The summed E-state index contributed by atoms with van der Waals surface area (Å²) in [5.74, 6) is -0.251. The van der Waals surface area contributed by atoms with Crippen molar-refractivity contribution in [3.05, 3.63) is 122 Å². The Morgan fingerprint density at radius 1 is 0.346 bits per heavy atom. The summed E-state index contributed by atoms with van der Waals surface area (Å²) in [6, 6.07) is -0.946. The number of unbranched alkanes of at least 4 members (excludes halogenated alkanes) is 43. The SMILES string of the molecule is CC/C=C\C/C=C\C/C=C\C/C=C\C/C=C\C/C=C\C/C=C\CCCCCCCCCCCCCCCCCCCCCC(=O)NC(COC1OC(CO)C(OC2OC(CO)C(O)C(O)C2O)C(O)C1O)C(O)/C=C/CC/C=C/CC/C=C/CCCCCCCCCCCCCCCCCCCCCCCC. The Morgan fingerprint density at radius 3 is 1.03 bits per heavy atom. The van der Waals surface area contributed by atoms with E-state index in [1.54, 1.807) is 6.08 Å². The highest BCUT2D eigenvalue weighted by Crippen LogP contribution is 2.30. The predicted molar refractivity (Wildman–Crippen MR) is 447 cm³/mol. The van der Waals surface area contributed by atoms with Gasteiger partial charge in [0.25, 0.3) is 0 Å². The van der Waals surface area contributed by atoms with Crippen LogP contribution in [0.3, 0.4) is 0 Å². The fourth-order valence-corrected chi connectivity index (χ4v) is 14.0. The molecule has 0 spiro atoms. The third kappa shape index (κ3) is 57.1. The molecule has 618 valence electrons. The minimum atomic E-state index is -1.80. The maximum atomic E-state index is 13.4. The van der Waals surface area contributed by atoms with E-state index in [9.17, 15) is 45.6 Å². The fraction of sp³-hybridized carbons (Fsp3) is 0.774. The molecule has 107 heavy (non-hydrogen) atoms. The summed E-state index contributed by atoms with van der Waals surface area (Å²) in [6.07, 6.45) is 94.5. The maximum Gasteiger partial charge on any atom is 0.220 e. The van der Waals surface area contributed by atoms with Gasteiger partial charge in [-0.2, -0.15) is 0 Å². The number of ether oxygens (including phenoxy) is 4. The molecule has 12 unspecified atom stereocenters. The Kier molecular flexibility index (Phi) is 69.8. The van der Waals surface area contributed by atoms with Crippen molar-refractivity contribution in [3.63, 3.8) is 0 Å². The molecule has 0 aliphatic carbocycles. The molecule has 2 heterocycles. The molecular formula is C93H163NO13. The zero-order valence-electron chi connectivity index (χ0n) is 68.1. The second kappa shape index (κ2) is 75.1. The van der Waals surface area contributed by atoms with Crippen molar-refractivity contribution in [2.75, 3.05) is 19.8 Å². The lowest BCUT2D eigenvalue weighted by Gasteiger charge is -2.46. The van der Waals surface area contributed by atoms with Gasteiger partial charge in [-0.15, -0.1) is 0 Å². The second-order valence-electron chi connectivity index (χ2n) is 30.6. The van der Waals surface area contributed by atoms with Crippen molar-refractivity contribution in [2.45, 2.75) is 441 Å². The molecule has 0 bridgehead atoms. The monoisotopic (exact) mass is 1500 g/mol. The average molecular weight is 1500 g/mol. The Hall–Kier alpha value is -3.61. The summed E-state index contributed by atoms with van der Waals surface area (Å²) in [6.45, 7) is 2.71. The fourth-order valence-electron chi connectivity index (χ4n) is 14.0. The van der Waals surface area contributed by atoms with Crippen LogP contribution >= 0.6 is 0 Å².